The van der Waals surface area contributed by atoms with Gasteiger partial charge >= 0.3 is 0 Å². The highest BCUT2D eigenvalue weighted by Gasteiger charge is 2.38. The van der Waals surface area contributed by atoms with Crippen LogP contribution >= 0.6 is 0 Å². The Bertz CT molecular complexity index is 865. The van der Waals surface area contributed by atoms with E-state index >= 15 is 0 Å². The Morgan fingerprint density at radius 1 is 1.00 bits per heavy atom. The zero-order valence-corrected chi connectivity index (χ0v) is 17.8. The highest BCUT2D eigenvalue weighted by Crippen LogP contribution is 2.30. The molecule has 0 aliphatic carbocycles. The number of likely N-dealkylation sites (tertiary alicyclic amines) is 1. The smallest absolute Gasteiger partial charge is 0.253 e. The fraction of sp³-hybridized carbons (Fsp3) is 0.417. The van der Waals surface area contributed by atoms with E-state index in [2.05, 4.69) is 46.7 Å². The molecule has 1 saturated heterocycles. The van der Waals surface area contributed by atoms with E-state index in [9.17, 15) is 9.59 Å². The molecular weight excluding hydrogens is 362 g/mol. The number of nitrogens with zero attached hydrogens (tertiary/aromatic N) is 1. The molecule has 5 heteroatoms. The zero-order chi connectivity index (χ0) is 21.1. The summed E-state index contributed by atoms with van der Waals surface area (Å²) < 4.78 is 0. The molecule has 154 valence electrons. The molecule has 0 bridgehead atoms. The van der Waals surface area contributed by atoms with Gasteiger partial charge in [-0.2, -0.15) is 0 Å². The molecule has 0 atom stereocenters. The van der Waals surface area contributed by atoms with Crippen LogP contribution in [0, 0.1) is 10.8 Å². The number of nitrogens with one attached hydrogen (secondary N) is 2. The lowest BCUT2D eigenvalue weighted by Crippen LogP contribution is -2.58. The first kappa shape index (κ1) is 21.1. The van der Waals surface area contributed by atoms with Crippen molar-refractivity contribution in [2.24, 2.45) is 10.8 Å². The summed E-state index contributed by atoms with van der Waals surface area (Å²) in [6.07, 6.45) is 0. The van der Waals surface area contributed by atoms with Crippen molar-refractivity contribution in [1.29, 1.82) is 0 Å². The van der Waals surface area contributed by atoms with E-state index in [4.69, 9.17) is 0 Å². The largest absolute Gasteiger partial charge is 0.351 e. The standard InChI is InChI=1S/C24H31N3O2/c1-23(2,3)22(29)26-20-13-9-8-12-19(20)21(28)25-15-24(4)16-27(17-24)14-18-10-6-5-7-11-18/h5-13H,14-17H2,1-4H3,(H,25,28)(H,26,29). The number of para-hydroxylation sites is 1. The van der Waals surface area contributed by atoms with Gasteiger partial charge in [0, 0.05) is 37.0 Å². The lowest BCUT2D eigenvalue weighted by molar-refractivity contribution is -0.123. The third-order valence-corrected chi connectivity index (χ3v) is 5.24. The second-order valence-corrected chi connectivity index (χ2v) is 9.37. The Morgan fingerprint density at radius 3 is 2.28 bits per heavy atom. The first-order chi connectivity index (χ1) is 13.7. The lowest BCUT2D eigenvalue weighted by Gasteiger charge is -2.48. The molecule has 1 aliphatic heterocycles. The van der Waals surface area contributed by atoms with E-state index in [0.29, 0.717) is 17.8 Å². The molecule has 2 aromatic carbocycles. The molecule has 1 aliphatic rings. The molecule has 0 spiro atoms. The summed E-state index contributed by atoms with van der Waals surface area (Å²) >= 11 is 0. The second kappa shape index (κ2) is 8.37. The summed E-state index contributed by atoms with van der Waals surface area (Å²) in [4.78, 5) is 27.5. The van der Waals surface area contributed by atoms with Crippen molar-refractivity contribution < 1.29 is 9.59 Å². The average Bonchev–Trinajstić information content (AvgIpc) is 2.65. The summed E-state index contributed by atoms with van der Waals surface area (Å²) in [6, 6.07) is 17.6. The van der Waals surface area contributed by atoms with Crippen LogP contribution in [0.2, 0.25) is 0 Å². The third kappa shape index (κ3) is 5.45. The maximum absolute atomic E-state index is 12.8. The van der Waals surface area contributed by atoms with E-state index in [-0.39, 0.29) is 17.2 Å². The number of benzene rings is 2. The maximum atomic E-state index is 12.8. The topological polar surface area (TPSA) is 61.4 Å². The van der Waals surface area contributed by atoms with Gasteiger partial charge in [-0.05, 0) is 17.7 Å². The molecule has 5 nitrogen and oxygen atoms in total. The van der Waals surface area contributed by atoms with Gasteiger partial charge in [0.25, 0.3) is 5.91 Å². The number of carbonyl (C=O) groups excluding carboxylic acids is 2. The van der Waals surface area contributed by atoms with Crippen molar-refractivity contribution in [2.45, 2.75) is 34.2 Å². The minimum atomic E-state index is -0.523. The van der Waals surface area contributed by atoms with Crippen LogP contribution in [0.5, 0.6) is 0 Å². The molecule has 2 aromatic rings. The number of carbonyl (C=O) groups is 2. The van der Waals surface area contributed by atoms with Crippen molar-refractivity contribution in [1.82, 2.24) is 10.2 Å². The Labute approximate surface area is 173 Å². The van der Waals surface area contributed by atoms with Gasteiger partial charge in [0.05, 0.1) is 11.3 Å². The van der Waals surface area contributed by atoms with E-state index in [1.54, 1.807) is 12.1 Å². The van der Waals surface area contributed by atoms with E-state index in [0.717, 1.165) is 19.6 Å². The first-order valence-electron chi connectivity index (χ1n) is 10.1. The van der Waals surface area contributed by atoms with Crippen LogP contribution in [0.1, 0.15) is 43.6 Å². The lowest BCUT2D eigenvalue weighted by atomic mass is 9.81. The van der Waals surface area contributed by atoms with Gasteiger partial charge in [-0.25, -0.2) is 0 Å². The van der Waals surface area contributed by atoms with Gasteiger partial charge in [-0.1, -0.05) is 70.2 Å². The Balaban J connectivity index is 1.54. The maximum Gasteiger partial charge on any atom is 0.253 e. The molecular formula is C24H31N3O2. The number of anilines is 1. The van der Waals surface area contributed by atoms with Gasteiger partial charge < -0.3 is 10.6 Å². The quantitative estimate of drug-likeness (QED) is 0.782. The van der Waals surface area contributed by atoms with Crippen molar-refractivity contribution in [3.8, 4) is 0 Å². The van der Waals surface area contributed by atoms with Gasteiger partial charge in [0.2, 0.25) is 5.91 Å². The molecule has 0 radical (unpaired) electrons. The van der Waals surface area contributed by atoms with Crippen molar-refractivity contribution in [2.75, 3.05) is 25.0 Å². The van der Waals surface area contributed by atoms with Gasteiger partial charge in [0.1, 0.15) is 0 Å². The van der Waals surface area contributed by atoms with Crippen LogP contribution in [0.3, 0.4) is 0 Å². The van der Waals surface area contributed by atoms with Crippen molar-refractivity contribution in [3.05, 3.63) is 65.7 Å². The predicted octanol–water partition coefficient (Wildman–Crippen LogP) is 3.92. The molecule has 1 fully saturated rings. The highest BCUT2D eigenvalue weighted by atomic mass is 16.2. The molecule has 1 heterocycles. The van der Waals surface area contributed by atoms with E-state index in [1.165, 1.54) is 5.56 Å². The first-order valence-corrected chi connectivity index (χ1v) is 10.1. The molecule has 29 heavy (non-hydrogen) atoms. The molecule has 3 rings (SSSR count). The second-order valence-electron chi connectivity index (χ2n) is 9.37. The Hall–Kier alpha value is -2.66. The minimum absolute atomic E-state index is 0.0635. The van der Waals surface area contributed by atoms with Crippen molar-refractivity contribution in [3.63, 3.8) is 0 Å². The molecule has 0 unspecified atom stereocenters. The van der Waals surface area contributed by atoms with Crippen LogP contribution < -0.4 is 10.6 Å². The summed E-state index contributed by atoms with van der Waals surface area (Å²) in [5.41, 5.74) is 1.89. The van der Waals surface area contributed by atoms with E-state index in [1.807, 2.05) is 39.0 Å². The van der Waals surface area contributed by atoms with Gasteiger partial charge in [-0.3, -0.25) is 14.5 Å². The fourth-order valence-corrected chi connectivity index (χ4v) is 3.59. The number of rotatable bonds is 6. The van der Waals surface area contributed by atoms with Crippen LogP contribution in [0.4, 0.5) is 5.69 Å². The predicted molar refractivity (Wildman–Crippen MR) is 117 cm³/mol. The van der Waals surface area contributed by atoms with E-state index < -0.39 is 5.41 Å². The zero-order valence-electron chi connectivity index (χ0n) is 17.8. The number of hydrogen-bond donors (Lipinski definition) is 2. The highest BCUT2D eigenvalue weighted by molar-refractivity contribution is 6.04. The number of amides is 2. The van der Waals surface area contributed by atoms with Gasteiger partial charge in [-0.15, -0.1) is 0 Å². The summed E-state index contributed by atoms with van der Waals surface area (Å²) in [5, 5.41) is 5.94. The summed E-state index contributed by atoms with van der Waals surface area (Å²) in [7, 11) is 0. The summed E-state index contributed by atoms with van der Waals surface area (Å²) in [6.45, 7) is 11.2. The van der Waals surface area contributed by atoms with Crippen LogP contribution in [0.25, 0.3) is 0 Å². The summed E-state index contributed by atoms with van der Waals surface area (Å²) in [5.74, 6) is -0.266. The molecule has 0 aromatic heterocycles. The minimum Gasteiger partial charge on any atom is -0.351 e. The number of hydrogen-bond acceptors (Lipinski definition) is 3. The van der Waals surface area contributed by atoms with Crippen LogP contribution in [-0.2, 0) is 11.3 Å². The van der Waals surface area contributed by atoms with Crippen molar-refractivity contribution >= 4 is 17.5 Å². The molecule has 2 amide bonds. The SMILES string of the molecule is CC1(CNC(=O)c2ccccc2NC(=O)C(C)(C)C)CN(Cc2ccccc2)C1. The average molecular weight is 394 g/mol. The van der Waals surface area contributed by atoms with Crippen LogP contribution in [-0.4, -0.2) is 36.3 Å². The molecule has 0 saturated carbocycles. The Kier molecular flexibility index (Phi) is 6.08. The molecule has 2 N–H and O–H groups in total. The fourth-order valence-electron chi connectivity index (χ4n) is 3.59. The van der Waals surface area contributed by atoms with Gasteiger partial charge in [0.15, 0.2) is 0 Å². The third-order valence-electron chi connectivity index (χ3n) is 5.24. The Morgan fingerprint density at radius 2 is 1.62 bits per heavy atom. The normalized spacial score (nSPS) is 16.0. The monoisotopic (exact) mass is 393 g/mol. The van der Waals surface area contributed by atoms with Crippen LogP contribution in [0.15, 0.2) is 54.6 Å².